The topological polar surface area (TPSA) is 96.6 Å². The quantitative estimate of drug-likeness (QED) is 0.392. The molecule has 142 valence electrons. The second kappa shape index (κ2) is 8.30. The van der Waals surface area contributed by atoms with E-state index in [0.29, 0.717) is 22.9 Å². The van der Waals surface area contributed by atoms with Crippen LogP contribution in [0.25, 0.3) is 10.9 Å². The smallest absolute Gasteiger partial charge is 0.261 e. The van der Waals surface area contributed by atoms with Crippen molar-refractivity contribution in [2.45, 2.75) is 19.9 Å². The van der Waals surface area contributed by atoms with E-state index >= 15 is 0 Å². The van der Waals surface area contributed by atoms with Crippen LogP contribution in [0.3, 0.4) is 0 Å². The first-order valence-electron chi connectivity index (χ1n) is 8.69. The molecule has 0 fully saturated rings. The maximum absolute atomic E-state index is 12.5. The van der Waals surface area contributed by atoms with Crippen LogP contribution in [-0.2, 0) is 17.8 Å². The highest BCUT2D eigenvalue weighted by atomic mass is 16.3. The molecule has 0 unspecified atom stereocenters. The van der Waals surface area contributed by atoms with Gasteiger partial charge in [0.25, 0.3) is 11.5 Å². The number of benzene rings is 2. The molecule has 0 radical (unpaired) electrons. The van der Waals surface area contributed by atoms with Crippen LogP contribution < -0.4 is 11.0 Å². The SMILES string of the molecule is C=CCc1cccc(/C=N/NC(=O)Cn2cnc3ccc(C)cc3c2=O)c1O. The summed E-state index contributed by atoms with van der Waals surface area (Å²) in [5.41, 5.74) is 4.78. The van der Waals surface area contributed by atoms with Gasteiger partial charge in [-0.2, -0.15) is 5.10 Å². The average molecular weight is 376 g/mol. The Morgan fingerprint density at radius 1 is 1.36 bits per heavy atom. The Balaban J connectivity index is 1.71. The second-order valence-electron chi connectivity index (χ2n) is 6.34. The minimum absolute atomic E-state index is 0.0886. The van der Waals surface area contributed by atoms with Gasteiger partial charge in [0.2, 0.25) is 0 Å². The first kappa shape index (κ1) is 19.0. The molecule has 1 aromatic heterocycles. The van der Waals surface area contributed by atoms with Gasteiger partial charge in [0, 0.05) is 5.56 Å². The molecule has 28 heavy (non-hydrogen) atoms. The molecule has 3 rings (SSSR count). The number of nitrogens with one attached hydrogen (secondary N) is 1. The number of phenolic OH excluding ortho intramolecular Hbond substituents is 1. The van der Waals surface area contributed by atoms with Crippen molar-refractivity contribution in [2.75, 3.05) is 0 Å². The Bertz CT molecular complexity index is 1130. The number of para-hydroxylation sites is 1. The van der Waals surface area contributed by atoms with Crippen molar-refractivity contribution >= 4 is 23.0 Å². The zero-order chi connectivity index (χ0) is 20.1. The molecule has 0 bridgehead atoms. The Labute approximate surface area is 161 Å². The molecule has 7 heteroatoms. The van der Waals surface area contributed by atoms with Crippen molar-refractivity contribution < 1.29 is 9.90 Å². The summed E-state index contributed by atoms with van der Waals surface area (Å²) in [5, 5.41) is 14.5. The average Bonchev–Trinajstić information content (AvgIpc) is 2.67. The number of fused-ring (bicyclic) bond motifs is 1. The van der Waals surface area contributed by atoms with Crippen molar-refractivity contribution in [3.8, 4) is 5.75 Å². The Morgan fingerprint density at radius 2 is 2.18 bits per heavy atom. The van der Waals surface area contributed by atoms with Gasteiger partial charge in [-0.15, -0.1) is 6.58 Å². The Kier molecular flexibility index (Phi) is 5.64. The summed E-state index contributed by atoms with van der Waals surface area (Å²) in [6.45, 7) is 5.32. The van der Waals surface area contributed by atoms with Crippen LogP contribution in [0.5, 0.6) is 5.75 Å². The number of aryl methyl sites for hydroxylation is 1. The number of hydrogen-bond donors (Lipinski definition) is 2. The van der Waals surface area contributed by atoms with Crippen LogP contribution in [0, 0.1) is 6.92 Å². The van der Waals surface area contributed by atoms with E-state index in [2.05, 4.69) is 22.1 Å². The van der Waals surface area contributed by atoms with Gasteiger partial charge < -0.3 is 5.11 Å². The highest BCUT2D eigenvalue weighted by Gasteiger charge is 2.08. The standard InChI is InChI=1S/C21H20N4O3/c1-3-5-15-6-4-7-16(20(15)27)11-23-24-19(26)12-25-13-22-18-9-8-14(2)10-17(18)21(25)28/h3-4,6-11,13,27H,1,5,12H2,2H3,(H,24,26)/b23-11+. The summed E-state index contributed by atoms with van der Waals surface area (Å²) in [6.07, 6.45) is 4.91. The van der Waals surface area contributed by atoms with E-state index in [1.54, 1.807) is 36.4 Å². The van der Waals surface area contributed by atoms with Crippen LogP contribution in [-0.4, -0.2) is 26.8 Å². The highest BCUT2D eigenvalue weighted by molar-refractivity contribution is 5.85. The van der Waals surface area contributed by atoms with Crippen LogP contribution in [0.15, 0.2) is 65.3 Å². The van der Waals surface area contributed by atoms with Gasteiger partial charge in [-0.1, -0.05) is 29.8 Å². The third kappa shape index (κ3) is 4.15. The lowest BCUT2D eigenvalue weighted by atomic mass is 10.1. The molecule has 0 atom stereocenters. The number of nitrogens with zero attached hydrogens (tertiary/aromatic N) is 3. The molecule has 3 aromatic rings. The Morgan fingerprint density at radius 3 is 2.96 bits per heavy atom. The molecule has 0 aliphatic rings. The van der Waals surface area contributed by atoms with Crippen molar-refractivity contribution in [3.05, 3.63) is 82.4 Å². The molecule has 0 saturated heterocycles. The van der Waals surface area contributed by atoms with E-state index in [1.807, 2.05) is 13.0 Å². The lowest BCUT2D eigenvalue weighted by Gasteiger charge is -2.06. The number of hydrogen-bond acceptors (Lipinski definition) is 5. The molecule has 7 nitrogen and oxygen atoms in total. The predicted molar refractivity (Wildman–Crippen MR) is 108 cm³/mol. The predicted octanol–water partition coefficient (Wildman–Crippen LogP) is 2.29. The fourth-order valence-corrected chi connectivity index (χ4v) is 2.78. The van der Waals surface area contributed by atoms with E-state index in [0.717, 1.165) is 11.1 Å². The van der Waals surface area contributed by atoms with Gasteiger partial charge in [0.15, 0.2) is 0 Å². The molecule has 1 amide bonds. The molecule has 0 aliphatic heterocycles. The fraction of sp³-hybridized carbons (Fsp3) is 0.143. The molecule has 2 aromatic carbocycles. The molecular weight excluding hydrogens is 356 g/mol. The largest absolute Gasteiger partial charge is 0.507 e. The second-order valence-corrected chi connectivity index (χ2v) is 6.34. The van der Waals surface area contributed by atoms with Crippen molar-refractivity contribution in [3.63, 3.8) is 0 Å². The van der Waals surface area contributed by atoms with Gasteiger partial charge in [-0.25, -0.2) is 10.4 Å². The van der Waals surface area contributed by atoms with Gasteiger partial charge in [-0.05, 0) is 37.1 Å². The summed E-state index contributed by atoms with van der Waals surface area (Å²) in [5.74, 6) is -0.389. The molecular formula is C21H20N4O3. The number of aromatic nitrogens is 2. The fourth-order valence-electron chi connectivity index (χ4n) is 2.78. The number of carbonyl (C=O) groups excluding carboxylic acids is 1. The third-order valence-corrected chi connectivity index (χ3v) is 4.20. The first-order valence-corrected chi connectivity index (χ1v) is 8.69. The maximum atomic E-state index is 12.5. The van der Waals surface area contributed by atoms with Crippen LogP contribution in [0.2, 0.25) is 0 Å². The number of amides is 1. The lowest BCUT2D eigenvalue weighted by Crippen LogP contribution is -2.30. The van der Waals surface area contributed by atoms with E-state index in [1.165, 1.54) is 17.1 Å². The summed E-state index contributed by atoms with van der Waals surface area (Å²) in [7, 11) is 0. The highest BCUT2D eigenvalue weighted by Crippen LogP contribution is 2.21. The first-order chi connectivity index (χ1) is 13.5. The summed E-state index contributed by atoms with van der Waals surface area (Å²) >= 11 is 0. The van der Waals surface area contributed by atoms with Crippen LogP contribution in [0.1, 0.15) is 16.7 Å². The zero-order valence-corrected chi connectivity index (χ0v) is 15.4. The van der Waals surface area contributed by atoms with Gasteiger partial charge in [0.05, 0.1) is 23.4 Å². The monoisotopic (exact) mass is 376 g/mol. The number of carbonyl (C=O) groups is 1. The van der Waals surface area contributed by atoms with Crippen molar-refractivity contribution in [1.29, 1.82) is 0 Å². The summed E-state index contributed by atoms with van der Waals surface area (Å²) in [4.78, 5) is 28.8. The van der Waals surface area contributed by atoms with E-state index in [4.69, 9.17) is 0 Å². The molecule has 0 saturated carbocycles. The normalized spacial score (nSPS) is 11.0. The summed E-state index contributed by atoms with van der Waals surface area (Å²) < 4.78 is 1.23. The molecule has 0 spiro atoms. The summed E-state index contributed by atoms with van der Waals surface area (Å²) in [6, 6.07) is 10.6. The van der Waals surface area contributed by atoms with Crippen molar-refractivity contribution in [1.82, 2.24) is 15.0 Å². The number of rotatable bonds is 6. The number of allylic oxidation sites excluding steroid dienone is 1. The lowest BCUT2D eigenvalue weighted by molar-refractivity contribution is -0.121. The van der Waals surface area contributed by atoms with Gasteiger partial charge in [0.1, 0.15) is 12.3 Å². The van der Waals surface area contributed by atoms with Crippen molar-refractivity contribution in [2.24, 2.45) is 5.10 Å². The maximum Gasteiger partial charge on any atom is 0.261 e. The third-order valence-electron chi connectivity index (χ3n) is 4.20. The van der Waals surface area contributed by atoms with E-state index < -0.39 is 5.91 Å². The number of phenols is 1. The van der Waals surface area contributed by atoms with Crippen LogP contribution in [0.4, 0.5) is 0 Å². The van der Waals surface area contributed by atoms with Crippen LogP contribution >= 0.6 is 0 Å². The minimum atomic E-state index is -0.478. The molecule has 1 heterocycles. The Hall–Kier alpha value is -3.74. The number of aromatic hydroxyl groups is 1. The van der Waals surface area contributed by atoms with Gasteiger partial charge in [-0.3, -0.25) is 14.2 Å². The van der Waals surface area contributed by atoms with Gasteiger partial charge >= 0.3 is 0 Å². The van der Waals surface area contributed by atoms with E-state index in [9.17, 15) is 14.7 Å². The molecule has 2 N–H and O–H groups in total. The molecule has 0 aliphatic carbocycles. The minimum Gasteiger partial charge on any atom is -0.507 e. The van der Waals surface area contributed by atoms with E-state index in [-0.39, 0.29) is 17.9 Å². The zero-order valence-electron chi connectivity index (χ0n) is 15.4. The number of hydrazone groups is 1.